The van der Waals surface area contributed by atoms with Crippen LogP contribution in [0.25, 0.3) is 0 Å². The van der Waals surface area contributed by atoms with Gasteiger partial charge in [0.05, 0.1) is 18.4 Å². The summed E-state index contributed by atoms with van der Waals surface area (Å²) in [6.45, 7) is 4.70. The van der Waals surface area contributed by atoms with E-state index in [2.05, 4.69) is 51.3 Å². The monoisotopic (exact) mass is 456 g/mol. The Labute approximate surface area is 189 Å². The number of aryl methyl sites for hydroxylation is 1. The zero-order chi connectivity index (χ0) is 22.0. The van der Waals surface area contributed by atoms with Crippen LogP contribution in [0.3, 0.4) is 0 Å². The molecule has 162 valence electrons. The number of nitrogens with one attached hydrogen (secondary N) is 1. The van der Waals surface area contributed by atoms with Crippen molar-refractivity contribution < 1.29 is 14.3 Å². The zero-order valence-electron chi connectivity index (χ0n) is 17.6. The number of amides is 1. The molecular weight excluding hydrogens is 432 g/mol. The minimum atomic E-state index is -0.458. The van der Waals surface area contributed by atoms with Gasteiger partial charge in [0.2, 0.25) is 5.91 Å². The van der Waals surface area contributed by atoms with Gasteiger partial charge in [-0.15, -0.1) is 21.5 Å². The predicted octanol–water partition coefficient (Wildman–Crippen LogP) is 4.46. The van der Waals surface area contributed by atoms with Crippen molar-refractivity contribution in [3.05, 3.63) is 58.2 Å². The van der Waals surface area contributed by atoms with Gasteiger partial charge >= 0.3 is 5.97 Å². The normalized spacial score (nSPS) is 17.4. The van der Waals surface area contributed by atoms with Crippen molar-refractivity contribution in [2.75, 3.05) is 18.2 Å². The van der Waals surface area contributed by atoms with Gasteiger partial charge < -0.3 is 14.6 Å². The van der Waals surface area contributed by atoms with E-state index in [0.29, 0.717) is 22.4 Å². The molecular formula is C22H24N4O3S2. The lowest BCUT2D eigenvalue weighted by molar-refractivity contribution is -0.113. The number of anilines is 1. The Balaban J connectivity index is 1.40. The fourth-order valence-electron chi connectivity index (χ4n) is 3.69. The summed E-state index contributed by atoms with van der Waals surface area (Å²) in [6, 6.07) is 12.2. The molecule has 31 heavy (non-hydrogen) atoms. The lowest BCUT2D eigenvalue weighted by atomic mass is 10.1. The van der Waals surface area contributed by atoms with Crippen molar-refractivity contribution in [3.63, 3.8) is 0 Å². The molecule has 2 unspecified atom stereocenters. The number of benzene rings is 1. The van der Waals surface area contributed by atoms with E-state index in [0.717, 1.165) is 28.8 Å². The number of hydrogen-bond donors (Lipinski definition) is 1. The van der Waals surface area contributed by atoms with Gasteiger partial charge in [-0.05, 0) is 37.8 Å². The van der Waals surface area contributed by atoms with Crippen molar-refractivity contribution in [2.45, 2.75) is 43.8 Å². The van der Waals surface area contributed by atoms with Crippen LogP contribution >= 0.6 is 23.1 Å². The van der Waals surface area contributed by atoms with Gasteiger partial charge in [-0.1, -0.05) is 42.1 Å². The first-order valence-corrected chi connectivity index (χ1v) is 11.9. The number of ether oxygens (including phenoxy) is 1. The van der Waals surface area contributed by atoms with Crippen LogP contribution in [0, 0.1) is 6.92 Å². The van der Waals surface area contributed by atoms with Crippen LogP contribution in [-0.4, -0.2) is 39.5 Å². The van der Waals surface area contributed by atoms with Gasteiger partial charge in [0.1, 0.15) is 10.8 Å². The second-order valence-electron chi connectivity index (χ2n) is 7.37. The molecule has 2 atom stereocenters. The van der Waals surface area contributed by atoms with Crippen LogP contribution in [0.2, 0.25) is 0 Å². The third kappa shape index (κ3) is 4.67. The number of thioether (sulfide) groups is 1. The Morgan fingerprint density at radius 1 is 1.26 bits per heavy atom. The first kappa shape index (κ1) is 21.6. The third-order valence-electron chi connectivity index (χ3n) is 5.26. The Kier molecular flexibility index (Phi) is 6.43. The van der Waals surface area contributed by atoms with E-state index in [4.69, 9.17) is 4.74 Å². The second kappa shape index (κ2) is 9.23. The summed E-state index contributed by atoms with van der Waals surface area (Å²) in [7, 11) is 1.33. The van der Waals surface area contributed by atoms with Crippen molar-refractivity contribution >= 4 is 40.0 Å². The van der Waals surface area contributed by atoms with E-state index >= 15 is 0 Å². The molecule has 1 aliphatic rings. The molecule has 4 rings (SSSR count). The van der Waals surface area contributed by atoms with Crippen LogP contribution < -0.4 is 5.32 Å². The summed E-state index contributed by atoms with van der Waals surface area (Å²) >= 11 is 2.71. The molecule has 2 aromatic heterocycles. The molecule has 1 saturated carbocycles. The van der Waals surface area contributed by atoms with E-state index in [1.807, 2.05) is 13.0 Å². The third-order valence-corrected chi connectivity index (χ3v) is 7.19. The summed E-state index contributed by atoms with van der Waals surface area (Å²) in [5, 5.41) is 12.9. The highest BCUT2D eigenvalue weighted by molar-refractivity contribution is 7.99. The lowest BCUT2D eigenvalue weighted by Gasteiger charge is -2.08. The molecule has 1 aromatic carbocycles. The van der Waals surface area contributed by atoms with Crippen molar-refractivity contribution in [1.82, 2.24) is 14.8 Å². The summed E-state index contributed by atoms with van der Waals surface area (Å²) < 4.78 is 6.89. The minimum Gasteiger partial charge on any atom is -0.465 e. The molecule has 0 spiro atoms. The van der Waals surface area contributed by atoms with Gasteiger partial charge in [0.15, 0.2) is 5.16 Å². The molecule has 9 heteroatoms. The summed E-state index contributed by atoms with van der Waals surface area (Å²) in [4.78, 5) is 25.3. The summed E-state index contributed by atoms with van der Waals surface area (Å²) in [6.07, 6.45) is 1.07. The van der Waals surface area contributed by atoms with E-state index in [1.165, 1.54) is 35.8 Å². The molecule has 1 amide bonds. The molecule has 3 aromatic rings. The number of aromatic nitrogens is 3. The molecule has 0 aliphatic heterocycles. The summed E-state index contributed by atoms with van der Waals surface area (Å²) in [5.74, 6) is 1.37. The number of carbonyl (C=O) groups is 2. The molecule has 2 heterocycles. The van der Waals surface area contributed by atoms with Gasteiger partial charge in [-0.2, -0.15) is 0 Å². The maximum absolute atomic E-state index is 12.5. The fourth-order valence-corrected chi connectivity index (χ4v) is 5.41. The van der Waals surface area contributed by atoms with Crippen molar-refractivity contribution in [1.29, 1.82) is 0 Å². The standard InChI is InChI=1S/C22H24N4O3S2/c1-4-26-19(16-11-15(16)14-8-6-5-7-9-14)24-25-22(26)30-12-18(27)23-20-17(21(28)29-3)10-13(2)31-20/h5-10,15-16H,4,11-12H2,1-3H3,(H,23,27). The topological polar surface area (TPSA) is 86.1 Å². The molecule has 0 saturated heterocycles. The highest BCUT2D eigenvalue weighted by Gasteiger charge is 2.43. The van der Waals surface area contributed by atoms with E-state index in [9.17, 15) is 9.59 Å². The predicted molar refractivity (Wildman–Crippen MR) is 122 cm³/mol. The number of nitrogens with zero attached hydrogens (tertiary/aromatic N) is 3. The average molecular weight is 457 g/mol. The largest absolute Gasteiger partial charge is 0.465 e. The van der Waals surface area contributed by atoms with E-state index < -0.39 is 5.97 Å². The Hall–Kier alpha value is -2.65. The minimum absolute atomic E-state index is 0.183. The number of rotatable bonds is 8. The Morgan fingerprint density at radius 3 is 2.74 bits per heavy atom. The maximum Gasteiger partial charge on any atom is 0.340 e. The molecule has 1 fully saturated rings. The number of hydrogen-bond acceptors (Lipinski definition) is 7. The molecule has 1 aliphatic carbocycles. The molecule has 7 nitrogen and oxygen atoms in total. The van der Waals surface area contributed by atoms with E-state index in [1.54, 1.807) is 6.07 Å². The van der Waals surface area contributed by atoms with Crippen molar-refractivity contribution in [3.8, 4) is 0 Å². The number of carbonyl (C=O) groups excluding carboxylic acids is 2. The van der Waals surface area contributed by atoms with Gasteiger partial charge in [0, 0.05) is 17.3 Å². The first-order valence-electron chi connectivity index (χ1n) is 10.1. The van der Waals surface area contributed by atoms with Crippen LogP contribution in [-0.2, 0) is 16.1 Å². The molecule has 1 N–H and O–H groups in total. The van der Waals surface area contributed by atoms with Gasteiger partial charge in [-0.3, -0.25) is 4.79 Å². The zero-order valence-corrected chi connectivity index (χ0v) is 19.3. The molecule has 0 radical (unpaired) electrons. The number of methoxy groups -OCH3 is 1. The van der Waals surface area contributed by atoms with Crippen LogP contribution in [0.5, 0.6) is 0 Å². The van der Waals surface area contributed by atoms with Crippen LogP contribution in [0.4, 0.5) is 5.00 Å². The Morgan fingerprint density at radius 2 is 2.03 bits per heavy atom. The SMILES string of the molecule is CCn1c(SCC(=O)Nc2sc(C)cc2C(=O)OC)nnc1C1CC1c1ccccc1. The number of thiophene rings is 1. The number of esters is 1. The first-order chi connectivity index (χ1) is 15.0. The van der Waals surface area contributed by atoms with Gasteiger partial charge in [0.25, 0.3) is 0 Å². The average Bonchev–Trinajstić information content (AvgIpc) is 3.34. The Bertz CT molecular complexity index is 1090. The molecule has 0 bridgehead atoms. The fraction of sp³-hybridized carbons (Fsp3) is 0.364. The summed E-state index contributed by atoms with van der Waals surface area (Å²) in [5.41, 5.74) is 1.71. The quantitative estimate of drug-likeness (QED) is 0.398. The van der Waals surface area contributed by atoms with Gasteiger partial charge in [-0.25, -0.2) is 4.79 Å². The van der Waals surface area contributed by atoms with E-state index in [-0.39, 0.29) is 11.7 Å². The smallest absolute Gasteiger partial charge is 0.340 e. The second-order valence-corrected chi connectivity index (χ2v) is 9.57. The highest BCUT2D eigenvalue weighted by Crippen LogP contribution is 2.54. The van der Waals surface area contributed by atoms with Crippen LogP contribution in [0.1, 0.15) is 51.8 Å². The maximum atomic E-state index is 12.5. The van der Waals surface area contributed by atoms with Crippen molar-refractivity contribution in [2.24, 2.45) is 0 Å². The highest BCUT2D eigenvalue weighted by atomic mass is 32.2. The van der Waals surface area contributed by atoms with Crippen LogP contribution in [0.15, 0.2) is 41.6 Å². The lowest BCUT2D eigenvalue weighted by Crippen LogP contribution is -2.16.